The number of hydrogen-bond donors (Lipinski definition) is 0. The third-order valence-corrected chi connectivity index (χ3v) is 8.33. The molecule has 6 aromatic rings. The number of hydrogen-bond acceptors (Lipinski definition) is 6. The van der Waals surface area contributed by atoms with Crippen LogP contribution < -0.4 is 0 Å². The lowest BCUT2D eigenvalue weighted by Crippen LogP contribution is -2.31. The topological polar surface area (TPSA) is 68.2 Å². The van der Waals surface area contributed by atoms with Gasteiger partial charge in [-0.15, -0.1) is 0 Å². The van der Waals surface area contributed by atoms with Gasteiger partial charge in [-0.05, 0) is 46.5 Å². The van der Waals surface area contributed by atoms with Crippen LogP contribution in [0.5, 0.6) is 0 Å². The van der Waals surface area contributed by atoms with E-state index in [1.807, 2.05) is 0 Å². The molecule has 1 aliphatic heterocycles. The van der Waals surface area contributed by atoms with Crippen LogP contribution in [0.1, 0.15) is 16.7 Å². The van der Waals surface area contributed by atoms with Gasteiger partial charge in [0.25, 0.3) is 11.9 Å². The normalized spacial score (nSPS) is 15.8. The average molecular weight is 762 g/mol. The summed E-state index contributed by atoms with van der Waals surface area (Å²) >= 11 is 0. The first-order chi connectivity index (χ1) is 24.8. The Morgan fingerprint density at radius 1 is 0.623 bits per heavy atom. The number of rotatable bonds is 4. The van der Waals surface area contributed by atoms with Crippen LogP contribution in [0.3, 0.4) is 0 Å². The van der Waals surface area contributed by atoms with E-state index in [1.54, 1.807) is 0 Å². The number of aromatic nitrogens is 3. The van der Waals surface area contributed by atoms with Crippen molar-refractivity contribution in [2.24, 2.45) is 0 Å². The first-order valence-electron chi connectivity index (χ1n) is 14.4. The maximum absolute atomic E-state index is 15.4. The molecule has 274 valence electrons. The monoisotopic (exact) mass is 762 g/mol. The van der Waals surface area contributed by atoms with E-state index in [-0.39, 0.29) is 17.0 Å². The maximum atomic E-state index is 15.4. The number of likely N-dealkylation sites (N-methyl/N-ethyl adjacent to an activating group) is 1. The summed E-state index contributed by atoms with van der Waals surface area (Å²) in [5, 5.41) is 0. The fraction of sp³-hybridized carbons (Fsp3) is 0.121. The van der Waals surface area contributed by atoms with Gasteiger partial charge in [0.2, 0.25) is 12.2 Å². The van der Waals surface area contributed by atoms with Crippen LogP contribution in [0, 0.1) is 23.5 Å². The van der Waals surface area contributed by atoms with Crippen molar-refractivity contribution in [2.75, 3.05) is 7.05 Å². The highest BCUT2D eigenvalue weighted by Crippen LogP contribution is 2.51. The second-order valence-corrected chi connectivity index (χ2v) is 11.3. The van der Waals surface area contributed by atoms with Crippen LogP contribution >= 0.6 is 0 Å². The maximum Gasteiger partial charge on any atom is 0.416 e. The molecule has 20 heteroatoms. The third-order valence-electron chi connectivity index (χ3n) is 8.33. The minimum absolute atomic E-state index is 0.103. The number of halogens is 14. The Bertz CT molecular complexity index is 2490. The van der Waals surface area contributed by atoms with Gasteiger partial charge in [-0.3, -0.25) is 0 Å². The number of fused-ring (bicyclic) bond motifs is 2. The largest absolute Gasteiger partial charge is 0.443 e. The molecule has 1 unspecified atom stereocenters. The van der Waals surface area contributed by atoms with E-state index in [1.165, 1.54) is 0 Å². The van der Waals surface area contributed by atoms with Crippen molar-refractivity contribution in [3.8, 4) is 33.4 Å². The number of nitrogens with zero attached hydrogens (tertiary/aromatic N) is 4. The molecular weight excluding hydrogens is 750 g/mol. The van der Waals surface area contributed by atoms with E-state index in [4.69, 9.17) is 8.83 Å². The Morgan fingerprint density at radius 3 is 1.55 bits per heavy atom. The van der Waals surface area contributed by atoms with Crippen LogP contribution in [0.4, 0.5) is 61.5 Å². The molecule has 0 fully saturated rings. The fourth-order valence-electron chi connectivity index (χ4n) is 5.93. The summed E-state index contributed by atoms with van der Waals surface area (Å²) in [5.74, 6) is -15.0. The van der Waals surface area contributed by atoms with Gasteiger partial charge in [-0.1, -0.05) is 12.1 Å². The molecule has 0 saturated heterocycles. The van der Waals surface area contributed by atoms with Gasteiger partial charge in [0, 0.05) is 7.05 Å². The Balaban J connectivity index is 1.60. The summed E-state index contributed by atoms with van der Waals surface area (Å²) in [7, 11) is 0.626. The number of alkyl halides is 7. The van der Waals surface area contributed by atoms with Crippen molar-refractivity contribution >= 4 is 27.8 Å². The second kappa shape index (κ2) is 12.1. The van der Waals surface area contributed by atoms with Crippen LogP contribution in [-0.4, -0.2) is 33.2 Å². The lowest BCUT2D eigenvalue weighted by Gasteiger charge is -2.28. The minimum atomic E-state index is -5.18. The molecule has 0 radical (unpaired) electrons. The number of benzene rings is 3. The van der Waals surface area contributed by atoms with E-state index >= 15 is 17.6 Å². The summed E-state index contributed by atoms with van der Waals surface area (Å²) in [4.78, 5) is 10.2. The van der Waals surface area contributed by atoms with E-state index in [9.17, 15) is 43.9 Å². The fourth-order valence-corrected chi connectivity index (χ4v) is 5.93. The summed E-state index contributed by atoms with van der Waals surface area (Å²) in [6.45, 7) is 0. The zero-order chi connectivity index (χ0) is 38.5. The van der Waals surface area contributed by atoms with E-state index in [0.717, 1.165) is 0 Å². The molecule has 0 spiro atoms. The summed E-state index contributed by atoms with van der Waals surface area (Å²) in [6, 6.07) is 2.47. The minimum Gasteiger partial charge on any atom is -0.443 e. The van der Waals surface area contributed by atoms with Gasteiger partial charge in [-0.2, -0.15) is 44.5 Å². The van der Waals surface area contributed by atoms with E-state index < -0.39 is 138 Å². The smallest absolute Gasteiger partial charge is 0.416 e. The van der Waals surface area contributed by atoms with Crippen LogP contribution in [-0.2, 0) is 12.4 Å². The molecule has 1 atom stereocenters. The van der Waals surface area contributed by atoms with Crippen LogP contribution in [0.25, 0.3) is 61.2 Å². The van der Waals surface area contributed by atoms with Crippen molar-refractivity contribution in [3.63, 3.8) is 0 Å². The molecule has 6 nitrogen and oxygen atoms in total. The zero-order valence-corrected chi connectivity index (χ0v) is 25.6. The lowest BCUT2D eigenvalue weighted by molar-refractivity contribution is -0.138. The quantitative estimate of drug-likeness (QED) is 0.101. The van der Waals surface area contributed by atoms with Crippen LogP contribution in [0.15, 0.2) is 75.6 Å². The van der Waals surface area contributed by atoms with E-state index in [0.29, 0.717) is 44.1 Å². The first-order valence-corrected chi connectivity index (χ1v) is 14.4. The molecule has 1 aliphatic rings. The molecule has 3 aromatic heterocycles. The van der Waals surface area contributed by atoms with Gasteiger partial charge in [0.1, 0.15) is 11.0 Å². The molecule has 0 aliphatic carbocycles. The van der Waals surface area contributed by atoms with Gasteiger partial charge in [-0.25, -0.2) is 31.9 Å². The molecule has 3 aromatic carbocycles. The third kappa shape index (κ3) is 5.45. The predicted octanol–water partition coefficient (Wildman–Crippen LogP) is 11.0. The van der Waals surface area contributed by atoms with Gasteiger partial charge < -0.3 is 13.7 Å². The molecule has 4 heterocycles. The molecule has 53 heavy (non-hydrogen) atoms. The van der Waals surface area contributed by atoms with Crippen molar-refractivity contribution in [1.29, 1.82) is 0 Å². The Hall–Kier alpha value is -5.95. The predicted molar refractivity (Wildman–Crippen MR) is 155 cm³/mol. The molecule has 0 amide bonds. The van der Waals surface area contributed by atoms with Crippen molar-refractivity contribution in [1.82, 2.24) is 19.9 Å². The zero-order valence-electron chi connectivity index (χ0n) is 25.6. The van der Waals surface area contributed by atoms with Gasteiger partial charge in [0.15, 0.2) is 47.2 Å². The lowest BCUT2D eigenvalue weighted by atomic mass is 9.86. The standard InChI is InChI=1S/C33H12F14N4O2/c1-51-30(40)22(36)17(23(37)31(51)41)15-7-11(33(45,46)47)3-5-13(15)19-25-26(52-9-49-25)18(24-27(19)53-8-48-24)12-4-2-10(32(42,43)44)6-14(12)16-20(34)28(38)50-29(39)21(16)35/h2-9,30H,1H3. The molecule has 7 rings (SSSR count). The van der Waals surface area contributed by atoms with Gasteiger partial charge >= 0.3 is 12.4 Å². The highest BCUT2D eigenvalue weighted by atomic mass is 19.4. The Kier molecular flexibility index (Phi) is 8.06. The highest BCUT2D eigenvalue weighted by Gasteiger charge is 2.40. The highest BCUT2D eigenvalue weighted by molar-refractivity contribution is 6.18. The average Bonchev–Trinajstić information content (AvgIpc) is 3.78. The number of pyridine rings is 1. The Labute approximate surface area is 284 Å². The number of allylic oxidation sites excluding steroid dienone is 2. The molecule has 0 saturated carbocycles. The van der Waals surface area contributed by atoms with E-state index in [2.05, 4.69) is 15.0 Å². The molecule has 0 N–H and O–H groups in total. The van der Waals surface area contributed by atoms with Crippen LogP contribution in [0.2, 0.25) is 0 Å². The first kappa shape index (κ1) is 35.5. The molecule has 0 bridgehead atoms. The Morgan fingerprint density at radius 2 is 1.08 bits per heavy atom. The molecular formula is C33H12F14N4O2. The van der Waals surface area contributed by atoms with Crippen molar-refractivity contribution in [2.45, 2.75) is 18.6 Å². The second-order valence-electron chi connectivity index (χ2n) is 11.3. The number of oxazole rings is 2. The van der Waals surface area contributed by atoms with Crippen molar-refractivity contribution in [3.05, 3.63) is 107 Å². The van der Waals surface area contributed by atoms with Gasteiger partial charge in [0.05, 0.1) is 33.4 Å². The summed E-state index contributed by atoms with van der Waals surface area (Å²) in [5.41, 5.74) is -13.0. The summed E-state index contributed by atoms with van der Waals surface area (Å²) in [6.07, 6.45) is -12.0. The summed E-state index contributed by atoms with van der Waals surface area (Å²) < 4.78 is 213. The SMILES string of the molecule is CN1C(F)=C(F)C(c2cc(C(F)(F)F)ccc2-c2c3ncoc3c(-c3ccc(C(F)(F)F)cc3-c3c(F)c(F)nc(F)c3F)c3ncoc23)=C(F)C1F. The van der Waals surface area contributed by atoms with Crippen molar-refractivity contribution < 1.29 is 70.3 Å².